The molecule has 1 heterocycles. The Hall–Kier alpha value is -3.60. The number of nitrogens with one attached hydrogen (secondary N) is 1. The maximum Gasteiger partial charge on any atom is 0.336 e. The smallest absolute Gasteiger partial charge is 0.336 e. The molecule has 5 heteroatoms. The van der Waals surface area contributed by atoms with E-state index >= 15 is 0 Å². The monoisotopic (exact) mass is 442 g/mol. The second kappa shape index (κ2) is 9.10. The molecule has 4 rings (SSSR count). The van der Waals surface area contributed by atoms with Gasteiger partial charge in [-0.15, -0.1) is 0 Å². The molecule has 0 aromatic heterocycles. The lowest BCUT2D eigenvalue weighted by atomic mass is 9.87. The van der Waals surface area contributed by atoms with Crippen LogP contribution in [0.4, 0.5) is 5.69 Å². The van der Waals surface area contributed by atoms with Crippen LogP contribution in [-0.2, 0) is 6.42 Å². The summed E-state index contributed by atoms with van der Waals surface area (Å²) in [5, 5.41) is 15.4. The molecule has 1 aliphatic carbocycles. The molecule has 2 aliphatic rings. The Balaban J connectivity index is 2.22. The molecule has 5 nitrogen and oxygen atoms in total. The predicted octanol–water partition coefficient (Wildman–Crippen LogP) is 6.43. The van der Waals surface area contributed by atoms with Gasteiger partial charge < -0.3 is 14.8 Å². The number of carbonyl (C=O) groups is 1. The second-order valence-corrected chi connectivity index (χ2v) is 8.28. The summed E-state index contributed by atoms with van der Waals surface area (Å²) >= 11 is 0. The molecule has 0 unspecified atom stereocenters. The second-order valence-electron chi connectivity index (χ2n) is 8.28. The lowest BCUT2D eigenvalue weighted by Gasteiger charge is -2.20. The summed E-state index contributed by atoms with van der Waals surface area (Å²) < 4.78 is 6.40. The molecular formula is C28H30N2O3. The molecule has 0 atom stereocenters. The summed E-state index contributed by atoms with van der Waals surface area (Å²) in [6.45, 7) is 11.6. The van der Waals surface area contributed by atoms with Crippen LogP contribution >= 0.6 is 0 Å². The number of aryl methyl sites for hydroxylation is 3. The van der Waals surface area contributed by atoms with Crippen LogP contribution in [0, 0.1) is 13.8 Å². The number of benzene rings is 3. The molecule has 0 saturated carbocycles. The number of nitrogens with zero attached hydrogens (tertiary/aromatic N) is 1. The quantitative estimate of drug-likeness (QED) is 0.337. The molecule has 0 radical (unpaired) electrons. The Labute approximate surface area is 194 Å². The standard InChI is InChI=1S/C28H30N2O3/c1-6-18-10-9-11-19(26(18)28(31)32)27-20-12-16(4)22(29-7-2)14-24(20)33-25-15-23(30-8-3)17(5)13-21(25)27/h9-15,29H,6-8H2,1-5H3,(H,31,32). The van der Waals surface area contributed by atoms with Crippen molar-refractivity contribution in [1.29, 1.82) is 0 Å². The average Bonchev–Trinajstić information content (AvgIpc) is 2.79. The fraction of sp³-hybridized carbons (Fsp3) is 0.286. The highest BCUT2D eigenvalue weighted by Crippen LogP contribution is 2.43. The van der Waals surface area contributed by atoms with Gasteiger partial charge in [-0.25, -0.2) is 4.79 Å². The zero-order chi connectivity index (χ0) is 23.7. The van der Waals surface area contributed by atoms with Gasteiger partial charge in [0.15, 0.2) is 0 Å². The molecule has 2 aromatic carbocycles. The minimum atomic E-state index is -0.917. The molecule has 0 fully saturated rings. The van der Waals surface area contributed by atoms with Gasteiger partial charge in [-0.3, -0.25) is 4.99 Å². The Morgan fingerprint density at radius 2 is 1.82 bits per heavy atom. The van der Waals surface area contributed by atoms with Crippen LogP contribution in [0.2, 0.25) is 0 Å². The molecule has 170 valence electrons. The van der Waals surface area contributed by atoms with E-state index in [1.165, 1.54) is 0 Å². The first-order valence-corrected chi connectivity index (χ1v) is 11.5. The van der Waals surface area contributed by atoms with Crippen LogP contribution in [0.25, 0.3) is 33.4 Å². The van der Waals surface area contributed by atoms with E-state index in [0.29, 0.717) is 35.4 Å². The molecule has 33 heavy (non-hydrogen) atoms. The van der Waals surface area contributed by atoms with Crippen LogP contribution in [0.1, 0.15) is 47.8 Å². The van der Waals surface area contributed by atoms with Crippen molar-refractivity contribution in [1.82, 2.24) is 0 Å². The van der Waals surface area contributed by atoms with Crippen molar-refractivity contribution < 1.29 is 14.3 Å². The van der Waals surface area contributed by atoms with Crippen molar-refractivity contribution in [2.45, 2.75) is 41.0 Å². The topological polar surface area (TPSA) is 74.8 Å². The van der Waals surface area contributed by atoms with Gasteiger partial charge in [-0.2, -0.15) is 0 Å². The van der Waals surface area contributed by atoms with Crippen LogP contribution in [0.3, 0.4) is 0 Å². The highest BCUT2D eigenvalue weighted by Gasteiger charge is 2.24. The molecule has 2 aromatic rings. The van der Waals surface area contributed by atoms with Crippen LogP contribution < -0.4 is 10.7 Å². The van der Waals surface area contributed by atoms with E-state index in [-0.39, 0.29) is 0 Å². The van der Waals surface area contributed by atoms with Crippen molar-refractivity contribution in [3.8, 4) is 22.5 Å². The summed E-state index contributed by atoms with van der Waals surface area (Å²) in [7, 11) is 0. The molecular weight excluding hydrogens is 412 g/mol. The number of aromatic carboxylic acids is 1. The first-order valence-electron chi connectivity index (χ1n) is 11.5. The molecule has 0 bridgehead atoms. The average molecular weight is 443 g/mol. The van der Waals surface area contributed by atoms with E-state index in [0.717, 1.165) is 50.8 Å². The molecule has 0 amide bonds. The van der Waals surface area contributed by atoms with E-state index in [2.05, 4.69) is 36.3 Å². The molecule has 0 spiro atoms. The van der Waals surface area contributed by atoms with Crippen molar-refractivity contribution in [2.24, 2.45) is 4.99 Å². The lowest BCUT2D eigenvalue weighted by molar-refractivity contribution is 0.0696. The van der Waals surface area contributed by atoms with E-state index in [1.54, 1.807) is 0 Å². The zero-order valence-corrected chi connectivity index (χ0v) is 19.9. The van der Waals surface area contributed by atoms with Crippen LogP contribution in [0.15, 0.2) is 51.9 Å². The summed E-state index contributed by atoms with van der Waals surface area (Å²) in [6.07, 6.45) is 0.644. The number of hydrogen-bond acceptors (Lipinski definition) is 4. The lowest BCUT2D eigenvalue weighted by Crippen LogP contribution is -2.10. The van der Waals surface area contributed by atoms with Gasteiger partial charge >= 0.3 is 5.97 Å². The SMILES string of the molecule is CCN=c1cc2oc3cc(NCC)c(C)cc3c(-c3cccc(CC)c3C(=O)O)c-2cc1C. The number of anilines is 1. The zero-order valence-electron chi connectivity index (χ0n) is 19.9. The number of hydrogen-bond donors (Lipinski definition) is 2. The third-order valence-electron chi connectivity index (χ3n) is 6.09. The third kappa shape index (κ3) is 3.99. The largest absolute Gasteiger partial charge is 0.478 e. The fourth-order valence-corrected chi connectivity index (χ4v) is 4.56. The van der Waals surface area contributed by atoms with E-state index in [1.807, 2.05) is 51.1 Å². The molecule has 0 saturated heterocycles. The molecule has 2 N–H and O–H groups in total. The summed E-state index contributed by atoms with van der Waals surface area (Å²) in [4.78, 5) is 17.0. The molecule has 1 aliphatic heterocycles. The normalized spacial score (nSPS) is 12.0. The van der Waals surface area contributed by atoms with Crippen molar-refractivity contribution in [3.63, 3.8) is 0 Å². The summed E-state index contributed by atoms with van der Waals surface area (Å²) in [5.74, 6) is -0.222. The van der Waals surface area contributed by atoms with Gasteiger partial charge in [0.1, 0.15) is 11.3 Å². The summed E-state index contributed by atoms with van der Waals surface area (Å²) in [6, 6.07) is 13.9. The minimum absolute atomic E-state index is 0.349. The van der Waals surface area contributed by atoms with Gasteiger partial charge in [0.05, 0.1) is 10.9 Å². The van der Waals surface area contributed by atoms with Crippen molar-refractivity contribution in [3.05, 3.63) is 70.1 Å². The third-order valence-corrected chi connectivity index (χ3v) is 6.09. The van der Waals surface area contributed by atoms with E-state index < -0.39 is 5.97 Å². The van der Waals surface area contributed by atoms with E-state index in [4.69, 9.17) is 4.42 Å². The first-order chi connectivity index (χ1) is 15.9. The van der Waals surface area contributed by atoms with Crippen molar-refractivity contribution >= 4 is 22.6 Å². The number of carboxylic acid groups (broad SMARTS) is 1. The van der Waals surface area contributed by atoms with Crippen molar-refractivity contribution in [2.75, 3.05) is 18.4 Å². The highest BCUT2D eigenvalue weighted by atomic mass is 16.4. The maximum atomic E-state index is 12.4. The Kier molecular flexibility index (Phi) is 6.23. The number of rotatable bonds is 6. The Morgan fingerprint density at radius 1 is 1.03 bits per heavy atom. The highest BCUT2D eigenvalue weighted by molar-refractivity contribution is 6.08. The van der Waals surface area contributed by atoms with Gasteiger partial charge in [0, 0.05) is 47.4 Å². The Morgan fingerprint density at radius 3 is 2.48 bits per heavy atom. The van der Waals surface area contributed by atoms with Gasteiger partial charge in [0.2, 0.25) is 0 Å². The van der Waals surface area contributed by atoms with E-state index in [9.17, 15) is 9.90 Å². The first kappa shape index (κ1) is 22.6. The summed E-state index contributed by atoms with van der Waals surface area (Å²) in [5.41, 5.74) is 7.48. The fourth-order valence-electron chi connectivity index (χ4n) is 4.56. The number of fused-ring (bicyclic) bond motifs is 2. The van der Waals surface area contributed by atoms with Crippen LogP contribution in [0.5, 0.6) is 0 Å². The minimum Gasteiger partial charge on any atom is -0.478 e. The van der Waals surface area contributed by atoms with Gasteiger partial charge in [0.25, 0.3) is 0 Å². The maximum absolute atomic E-state index is 12.4. The van der Waals surface area contributed by atoms with Crippen LogP contribution in [-0.4, -0.2) is 24.2 Å². The van der Waals surface area contributed by atoms with Gasteiger partial charge in [-0.05, 0) is 68.5 Å². The predicted molar refractivity (Wildman–Crippen MR) is 134 cm³/mol. The number of carboxylic acids is 1. The Bertz CT molecular complexity index is 1400. The van der Waals surface area contributed by atoms with Gasteiger partial charge in [-0.1, -0.05) is 25.1 Å².